The number of hydrogen-bond acceptors (Lipinski definition) is 5. The zero-order valence-corrected chi connectivity index (χ0v) is 15.5. The van der Waals surface area contributed by atoms with Crippen LogP contribution < -0.4 is 19.7 Å². The van der Waals surface area contributed by atoms with E-state index in [2.05, 4.69) is 11.4 Å². The number of ether oxygens (including phenoxy) is 2. The number of nitrogens with zero attached hydrogens (tertiary/aromatic N) is 2. The third-order valence-electron chi connectivity index (χ3n) is 3.93. The number of rotatable bonds is 7. The van der Waals surface area contributed by atoms with Gasteiger partial charge in [0.05, 0.1) is 25.5 Å². The Morgan fingerprint density at radius 1 is 1.11 bits per heavy atom. The minimum Gasteiger partial charge on any atom is -0.497 e. The summed E-state index contributed by atoms with van der Waals surface area (Å²) in [6.45, 7) is 1.88. The van der Waals surface area contributed by atoms with E-state index < -0.39 is 0 Å². The smallest absolute Gasteiger partial charge is 0.251 e. The van der Waals surface area contributed by atoms with Crippen molar-refractivity contribution in [3.8, 4) is 17.6 Å². The molecule has 0 fully saturated rings. The molecule has 140 valence electrons. The Hall–Kier alpha value is -3.53. The van der Waals surface area contributed by atoms with E-state index in [1.54, 1.807) is 42.5 Å². The van der Waals surface area contributed by atoms with Crippen LogP contribution in [0, 0.1) is 11.3 Å². The molecule has 0 atom stereocenters. The third-order valence-corrected chi connectivity index (χ3v) is 3.93. The first-order valence-corrected chi connectivity index (χ1v) is 8.28. The molecule has 7 heteroatoms. The topological polar surface area (TPSA) is 91.7 Å². The van der Waals surface area contributed by atoms with E-state index in [1.165, 1.54) is 26.0 Å². The molecule has 0 spiro atoms. The van der Waals surface area contributed by atoms with Gasteiger partial charge in [0.15, 0.2) is 0 Å². The number of nitrogens with one attached hydrogen (secondary N) is 1. The highest BCUT2D eigenvalue weighted by atomic mass is 16.5. The summed E-state index contributed by atoms with van der Waals surface area (Å²) in [5.74, 6) is 0.486. The normalized spacial score (nSPS) is 9.85. The van der Waals surface area contributed by atoms with Gasteiger partial charge in [-0.25, -0.2) is 0 Å². The highest BCUT2D eigenvalue weighted by molar-refractivity contribution is 5.95. The molecule has 2 aromatic rings. The van der Waals surface area contributed by atoms with Crippen LogP contribution in [0.1, 0.15) is 22.8 Å². The fourth-order valence-electron chi connectivity index (χ4n) is 2.57. The van der Waals surface area contributed by atoms with Gasteiger partial charge in [0.2, 0.25) is 5.91 Å². The average molecular weight is 367 g/mol. The van der Waals surface area contributed by atoms with Crippen LogP contribution in [0.5, 0.6) is 11.5 Å². The number of hydrogen-bond donors (Lipinski definition) is 1. The molecule has 2 aromatic carbocycles. The number of nitriles is 1. The maximum Gasteiger partial charge on any atom is 0.251 e. The molecule has 0 unspecified atom stereocenters. The van der Waals surface area contributed by atoms with Crippen LogP contribution in [0.4, 0.5) is 5.69 Å². The lowest BCUT2D eigenvalue weighted by molar-refractivity contribution is -0.116. The highest BCUT2D eigenvalue weighted by Gasteiger charge is 2.16. The van der Waals surface area contributed by atoms with E-state index in [-0.39, 0.29) is 24.9 Å². The minimum atomic E-state index is -0.315. The van der Waals surface area contributed by atoms with Gasteiger partial charge in [-0.2, -0.15) is 5.26 Å². The van der Waals surface area contributed by atoms with E-state index in [0.717, 1.165) is 0 Å². The average Bonchev–Trinajstić information content (AvgIpc) is 2.70. The fourth-order valence-corrected chi connectivity index (χ4v) is 2.57. The number of methoxy groups -OCH3 is 2. The van der Waals surface area contributed by atoms with Crippen LogP contribution in [0.2, 0.25) is 0 Å². The number of benzene rings is 2. The second kappa shape index (κ2) is 9.25. The Labute approximate surface area is 158 Å². The number of amides is 2. The monoisotopic (exact) mass is 367 g/mol. The van der Waals surface area contributed by atoms with Crippen molar-refractivity contribution in [2.75, 3.05) is 32.2 Å². The molecule has 0 aliphatic heterocycles. The number of carbonyl (C=O) groups is 2. The maximum atomic E-state index is 12.4. The molecule has 0 radical (unpaired) electrons. The second-order valence-corrected chi connectivity index (χ2v) is 5.66. The molecule has 27 heavy (non-hydrogen) atoms. The fraction of sp³-hybridized carbons (Fsp3) is 0.250. The van der Waals surface area contributed by atoms with Crippen molar-refractivity contribution in [3.63, 3.8) is 0 Å². The molecule has 7 nitrogen and oxygen atoms in total. The van der Waals surface area contributed by atoms with Crippen molar-refractivity contribution >= 4 is 17.5 Å². The van der Waals surface area contributed by atoms with E-state index in [4.69, 9.17) is 9.47 Å². The summed E-state index contributed by atoms with van der Waals surface area (Å²) in [4.78, 5) is 25.9. The molecule has 0 saturated carbocycles. The van der Waals surface area contributed by atoms with Gasteiger partial charge < -0.3 is 19.7 Å². The van der Waals surface area contributed by atoms with Gasteiger partial charge in [0.1, 0.15) is 17.6 Å². The molecular weight excluding hydrogens is 346 g/mol. The van der Waals surface area contributed by atoms with Crippen molar-refractivity contribution in [1.82, 2.24) is 5.32 Å². The Kier molecular flexibility index (Phi) is 6.78. The second-order valence-electron chi connectivity index (χ2n) is 5.66. The van der Waals surface area contributed by atoms with Crippen molar-refractivity contribution in [2.45, 2.75) is 6.92 Å². The van der Waals surface area contributed by atoms with Crippen molar-refractivity contribution in [1.29, 1.82) is 5.26 Å². The molecule has 0 bridgehead atoms. The first-order chi connectivity index (χ1) is 13.0. The molecule has 0 saturated heterocycles. The van der Waals surface area contributed by atoms with Gasteiger partial charge in [0, 0.05) is 31.6 Å². The number of carbonyl (C=O) groups excluding carboxylic acids is 2. The summed E-state index contributed by atoms with van der Waals surface area (Å²) >= 11 is 0. The lowest BCUT2D eigenvalue weighted by atomic mass is 10.1. The SMILES string of the molecule is COc1cc(OC)cc(C(=O)NCCN(C(C)=O)c2ccccc2C#N)c1. The van der Waals surface area contributed by atoms with E-state index in [9.17, 15) is 14.9 Å². The summed E-state index contributed by atoms with van der Waals surface area (Å²) < 4.78 is 10.3. The summed E-state index contributed by atoms with van der Waals surface area (Å²) in [5.41, 5.74) is 1.30. The standard InChI is InChI=1S/C20H21N3O4/c1-14(24)23(19-7-5-4-6-15(19)13-21)9-8-22-20(25)16-10-17(26-2)12-18(11-16)27-3/h4-7,10-12H,8-9H2,1-3H3,(H,22,25). The molecule has 0 aromatic heterocycles. The summed E-state index contributed by atoms with van der Waals surface area (Å²) in [7, 11) is 3.02. The molecule has 0 aliphatic carbocycles. The van der Waals surface area contributed by atoms with Crippen LogP contribution in [-0.4, -0.2) is 39.1 Å². The van der Waals surface area contributed by atoms with Crippen LogP contribution in [0.15, 0.2) is 42.5 Å². The van der Waals surface area contributed by atoms with Crippen molar-refractivity contribution < 1.29 is 19.1 Å². The predicted molar refractivity (Wildman–Crippen MR) is 101 cm³/mol. The highest BCUT2D eigenvalue weighted by Crippen LogP contribution is 2.22. The third kappa shape index (κ3) is 4.98. The van der Waals surface area contributed by atoms with Gasteiger partial charge >= 0.3 is 0 Å². The van der Waals surface area contributed by atoms with Gasteiger partial charge in [0.25, 0.3) is 5.91 Å². The van der Waals surface area contributed by atoms with Gasteiger partial charge in [-0.3, -0.25) is 9.59 Å². The molecule has 0 aliphatic rings. The minimum absolute atomic E-state index is 0.213. The first-order valence-electron chi connectivity index (χ1n) is 8.28. The van der Waals surface area contributed by atoms with Crippen LogP contribution >= 0.6 is 0 Å². The molecule has 0 heterocycles. The number of anilines is 1. The Morgan fingerprint density at radius 2 is 1.74 bits per heavy atom. The molecule has 2 amide bonds. The summed E-state index contributed by atoms with van der Waals surface area (Å²) in [6, 6.07) is 13.8. The number of para-hydroxylation sites is 1. The molecular formula is C20H21N3O4. The Morgan fingerprint density at radius 3 is 2.30 bits per heavy atom. The van der Waals surface area contributed by atoms with Crippen molar-refractivity contribution in [2.24, 2.45) is 0 Å². The molecule has 2 rings (SSSR count). The van der Waals surface area contributed by atoms with Gasteiger partial charge in [-0.1, -0.05) is 12.1 Å². The first kappa shape index (κ1) is 19.8. The van der Waals surface area contributed by atoms with E-state index in [0.29, 0.717) is 28.3 Å². The largest absolute Gasteiger partial charge is 0.497 e. The van der Waals surface area contributed by atoms with Crippen molar-refractivity contribution in [3.05, 3.63) is 53.6 Å². The van der Waals surface area contributed by atoms with Crippen LogP contribution in [-0.2, 0) is 4.79 Å². The molecule has 1 N–H and O–H groups in total. The lowest BCUT2D eigenvalue weighted by Crippen LogP contribution is -2.38. The quantitative estimate of drug-likeness (QED) is 0.811. The van der Waals surface area contributed by atoms with Crippen LogP contribution in [0.3, 0.4) is 0 Å². The predicted octanol–water partition coefficient (Wildman–Crippen LogP) is 2.36. The lowest BCUT2D eigenvalue weighted by Gasteiger charge is -2.22. The van der Waals surface area contributed by atoms with E-state index in [1.807, 2.05) is 0 Å². The maximum absolute atomic E-state index is 12.4. The Bertz CT molecular complexity index is 852. The van der Waals surface area contributed by atoms with Crippen LogP contribution in [0.25, 0.3) is 0 Å². The zero-order chi connectivity index (χ0) is 19.8. The van der Waals surface area contributed by atoms with E-state index >= 15 is 0 Å². The Balaban J connectivity index is 2.08. The zero-order valence-electron chi connectivity index (χ0n) is 15.5. The van der Waals surface area contributed by atoms with Gasteiger partial charge in [-0.15, -0.1) is 0 Å². The summed E-state index contributed by atoms with van der Waals surface area (Å²) in [5, 5.41) is 12.0. The van der Waals surface area contributed by atoms with Gasteiger partial charge in [-0.05, 0) is 24.3 Å². The summed E-state index contributed by atoms with van der Waals surface area (Å²) in [6.07, 6.45) is 0.